The summed E-state index contributed by atoms with van der Waals surface area (Å²) in [5, 5.41) is 20.0. The molecule has 7 heteroatoms. The SMILES string of the molecule is CCOc1ccccc1-c1cc(C(=O)O)c(F)c([N+](=O)[O-])c1. The quantitative estimate of drug-likeness (QED) is 0.674. The number of carboxylic acids is 1. The fraction of sp³-hybridized carbons (Fsp3) is 0.133. The Morgan fingerprint density at radius 2 is 2.05 bits per heavy atom. The number of aromatic carboxylic acids is 1. The Balaban J connectivity index is 2.71. The summed E-state index contributed by atoms with van der Waals surface area (Å²) in [6, 6.07) is 8.71. The Hall–Kier alpha value is -2.96. The second-order valence-corrected chi connectivity index (χ2v) is 4.35. The van der Waals surface area contributed by atoms with Crippen molar-refractivity contribution >= 4 is 11.7 Å². The summed E-state index contributed by atoms with van der Waals surface area (Å²) in [6.07, 6.45) is 0. The molecule has 6 nitrogen and oxygen atoms in total. The first-order chi connectivity index (χ1) is 10.5. The Morgan fingerprint density at radius 1 is 1.36 bits per heavy atom. The van der Waals surface area contributed by atoms with Crippen LogP contribution in [0.15, 0.2) is 36.4 Å². The summed E-state index contributed by atoms with van der Waals surface area (Å²) >= 11 is 0. The van der Waals surface area contributed by atoms with Crippen LogP contribution in [0.1, 0.15) is 17.3 Å². The molecule has 0 aromatic heterocycles. The van der Waals surface area contributed by atoms with Gasteiger partial charge in [0.1, 0.15) is 11.3 Å². The van der Waals surface area contributed by atoms with E-state index in [1.165, 1.54) is 0 Å². The molecule has 0 saturated carbocycles. The van der Waals surface area contributed by atoms with Crippen molar-refractivity contribution in [1.29, 1.82) is 0 Å². The van der Waals surface area contributed by atoms with E-state index in [9.17, 15) is 19.3 Å². The molecule has 1 N–H and O–H groups in total. The number of nitrogens with zero attached hydrogens (tertiary/aromatic N) is 1. The lowest BCUT2D eigenvalue weighted by Gasteiger charge is -2.11. The van der Waals surface area contributed by atoms with Gasteiger partial charge in [0.25, 0.3) is 0 Å². The second-order valence-electron chi connectivity index (χ2n) is 4.35. The number of hydrogen-bond donors (Lipinski definition) is 1. The fourth-order valence-electron chi connectivity index (χ4n) is 2.04. The summed E-state index contributed by atoms with van der Waals surface area (Å²) in [7, 11) is 0. The summed E-state index contributed by atoms with van der Waals surface area (Å²) in [5.74, 6) is -2.51. The predicted molar refractivity (Wildman–Crippen MR) is 76.6 cm³/mol. The molecular formula is C15H12FNO5. The largest absolute Gasteiger partial charge is 0.493 e. The zero-order valence-electron chi connectivity index (χ0n) is 11.6. The van der Waals surface area contributed by atoms with Crippen LogP contribution >= 0.6 is 0 Å². The number of benzene rings is 2. The number of ether oxygens (including phenoxy) is 1. The molecule has 0 aliphatic heterocycles. The van der Waals surface area contributed by atoms with Gasteiger partial charge in [-0.3, -0.25) is 10.1 Å². The number of halogens is 1. The van der Waals surface area contributed by atoms with Crippen molar-refractivity contribution in [3.8, 4) is 16.9 Å². The molecule has 2 aromatic rings. The molecule has 0 spiro atoms. The van der Waals surface area contributed by atoms with Crippen molar-refractivity contribution in [2.24, 2.45) is 0 Å². The maximum atomic E-state index is 13.9. The van der Waals surface area contributed by atoms with Crippen LogP contribution in [0, 0.1) is 15.9 Å². The molecule has 22 heavy (non-hydrogen) atoms. The highest BCUT2D eigenvalue weighted by atomic mass is 19.1. The van der Waals surface area contributed by atoms with E-state index < -0.39 is 28.0 Å². The number of carbonyl (C=O) groups is 1. The van der Waals surface area contributed by atoms with Crippen molar-refractivity contribution in [1.82, 2.24) is 0 Å². The average Bonchev–Trinajstić information content (AvgIpc) is 2.48. The molecule has 0 radical (unpaired) electrons. The average molecular weight is 305 g/mol. The van der Waals surface area contributed by atoms with Gasteiger partial charge < -0.3 is 9.84 Å². The molecule has 0 atom stereocenters. The van der Waals surface area contributed by atoms with Crippen molar-refractivity contribution in [2.75, 3.05) is 6.61 Å². The Labute approximate surface area is 124 Å². The molecule has 0 unspecified atom stereocenters. The minimum atomic E-state index is -1.57. The van der Waals surface area contributed by atoms with Crippen LogP contribution in [0.4, 0.5) is 10.1 Å². The highest BCUT2D eigenvalue weighted by Crippen LogP contribution is 2.34. The van der Waals surface area contributed by atoms with Gasteiger partial charge in [-0.05, 0) is 24.6 Å². The minimum Gasteiger partial charge on any atom is -0.493 e. The standard InChI is InChI=1S/C15H12FNO5/c1-2-22-13-6-4-3-5-10(13)9-7-11(15(18)19)14(16)12(8-9)17(20)21/h3-8H,2H2,1H3,(H,18,19). The Bertz CT molecular complexity index is 709. The van der Waals surface area contributed by atoms with Crippen LogP contribution in [0.5, 0.6) is 5.75 Å². The van der Waals surface area contributed by atoms with Crippen molar-refractivity contribution < 1.29 is 24.0 Å². The van der Waals surface area contributed by atoms with Crippen LogP contribution < -0.4 is 4.74 Å². The van der Waals surface area contributed by atoms with Crippen LogP contribution in [0.25, 0.3) is 11.1 Å². The van der Waals surface area contributed by atoms with Gasteiger partial charge in [0, 0.05) is 11.6 Å². The van der Waals surface area contributed by atoms with E-state index in [1.807, 2.05) is 0 Å². The summed E-state index contributed by atoms with van der Waals surface area (Å²) in [4.78, 5) is 21.1. The molecule has 0 aliphatic carbocycles. The van der Waals surface area contributed by atoms with Crippen LogP contribution in [-0.4, -0.2) is 22.6 Å². The molecule has 2 rings (SSSR count). The van der Waals surface area contributed by atoms with Crippen LogP contribution in [0.3, 0.4) is 0 Å². The third-order valence-electron chi connectivity index (χ3n) is 2.98. The predicted octanol–water partition coefficient (Wildman–Crippen LogP) is 3.50. The van der Waals surface area contributed by atoms with Crippen molar-refractivity contribution in [3.63, 3.8) is 0 Å². The van der Waals surface area contributed by atoms with Crippen molar-refractivity contribution in [2.45, 2.75) is 6.92 Å². The molecule has 2 aromatic carbocycles. The highest BCUT2D eigenvalue weighted by molar-refractivity contribution is 5.91. The lowest BCUT2D eigenvalue weighted by molar-refractivity contribution is -0.387. The third-order valence-corrected chi connectivity index (χ3v) is 2.98. The summed E-state index contributed by atoms with van der Waals surface area (Å²) in [5.41, 5.74) is -0.985. The number of para-hydroxylation sites is 1. The van der Waals surface area contributed by atoms with Gasteiger partial charge in [-0.15, -0.1) is 0 Å². The molecule has 0 bridgehead atoms. The van der Waals surface area contributed by atoms with E-state index in [1.54, 1.807) is 31.2 Å². The number of nitro groups is 1. The van der Waals surface area contributed by atoms with Gasteiger partial charge in [-0.2, -0.15) is 4.39 Å². The normalized spacial score (nSPS) is 10.3. The molecule has 0 heterocycles. The first-order valence-electron chi connectivity index (χ1n) is 6.39. The van der Waals surface area contributed by atoms with E-state index in [0.717, 1.165) is 12.1 Å². The van der Waals surface area contributed by atoms with Gasteiger partial charge in [-0.25, -0.2) is 4.79 Å². The molecule has 114 valence electrons. The third kappa shape index (κ3) is 2.88. The molecule has 0 saturated heterocycles. The maximum absolute atomic E-state index is 13.9. The van der Waals surface area contributed by atoms with Crippen LogP contribution in [0.2, 0.25) is 0 Å². The van der Waals surface area contributed by atoms with Gasteiger partial charge in [-0.1, -0.05) is 18.2 Å². The number of rotatable bonds is 5. The van der Waals surface area contributed by atoms with E-state index in [2.05, 4.69) is 0 Å². The number of nitro benzene ring substituents is 1. The first kappa shape index (κ1) is 15.4. The summed E-state index contributed by atoms with van der Waals surface area (Å²) in [6.45, 7) is 2.14. The monoisotopic (exact) mass is 305 g/mol. The number of carboxylic acid groups (broad SMARTS) is 1. The van der Waals surface area contributed by atoms with Crippen LogP contribution in [-0.2, 0) is 0 Å². The van der Waals surface area contributed by atoms with Gasteiger partial charge in [0.2, 0.25) is 5.82 Å². The van der Waals surface area contributed by atoms with Crippen molar-refractivity contribution in [3.05, 3.63) is 57.9 Å². The summed E-state index contributed by atoms with van der Waals surface area (Å²) < 4.78 is 19.3. The van der Waals surface area contributed by atoms with E-state index in [-0.39, 0.29) is 5.56 Å². The molecule has 0 fully saturated rings. The zero-order valence-corrected chi connectivity index (χ0v) is 11.6. The lowest BCUT2D eigenvalue weighted by Crippen LogP contribution is -2.05. The Morgan fingerprint density at radius 3 is 2.64 bits per heavy atom. The molecule has 0 aliphatic rings. The Kier molecular flexibility index (Phi) is 4.36. The maximum Gasteiger partial charge on any atom is 0.338 e. The molecule has 0 amide bonds. The van der Waals surface area contributed by atoms with E-state index >= 15 is 0 Å². The first-order valence-corrected chi connectivity index (χ1v) is 6.39. The smallest absolute Gasteiger partial charge is 0.338 e. The van der Waals surface area contributed by atoms with E-state index in [0.29, 0.717) is 17.9 Å². The number of hydrogen-bond acceptors (Lipinski definition) is 4. The van der Waals surface area contributed by atoms with Gasteiger partial charge in [0.05, 0.1) is 11.5 Å². The van der Waals surface area contributed by atoms with Gasteiger partial charge in [0.15, 0.2) is 0 Å². The molecular weight excluding hydrogens is 293 g/mol. The lowest BCUT2D eigenvalue weighted by atomic mass is 10.0. The topological polar surface area (TPSA) is 89.7 Å². The minimum absolute atomic E-state index is 0.203. The van der Waals surface area contributed by atoms with E-state index in [4.69, 9.17) is 9.84 Å². The second kappa shape index (κ2) is 6.21. The highest BCUT2D eigenvalue weighted by Gasteiger charge is 2.24. The fourth-order valence-corrected chi connectivity index (χ4v) is 2.04. The van der Waals surface area contributed by atoms with Gasteiger partial charge >= 0.3 is 11.7 Å². The zero-order chi connectivity index (χ0) is 16.3.